The van der Waals surface area contributed by atoms with Crippen LogP contribution in [0.3, 0.4) is 0 Å². The predicted octanol–water partition coefficient (Wildman–Crippen LogP) is 5.45. The Hall–Kier alpha value is -4.95. The number of thiophene rings is 1. The number of carbonyl (C=O) groups excluding carboxylic acids is 3. The molecule has 0 aliphatic heterocycles. The third-order valence-electron chi connectivity index (χ3n) is 6.45. The quantitative estimate of drug-likeness (QED) is 0.145. The normalized spacial score (nSPS) is 10.8. The molecule has 1 aromatic heterocycles. The van der Waals surface area contributed by atoms with Gasteiger partial charge in [-0.2, -0.15) is 0 Å². The van der Waals surface area contributed by atoms with Crippen molar-refractivity contribution in [2.75, 3.05) is 11.1 Å². The molecule has 0 aliphatic carbocycles. The zero-order valence-electron chi connectivity index (χ0n) is 21.6. The van der Waals surface area contributed by atoms with E-state index in [0.29, 0.717) is 34.9 Å². The maximum absolute atomic E-state index is 13.4. The van der Waals surface area contributed by atoms with Gasteiger partial charge in [-0.1, -0.05) is 84.9 Å². The van der Waals surface area contributed by atoms with Crippen molar-refractivity contribution in [2.24, 2.45) is 0 Å². The van der Waals surface area contributed by atoms with Gasteiger partial charge in [0.25, 0.3) is 5.91 Å². The van der Waals surface area contributed by atoms with Crippen molar-refractivity contribution < 1.29 is 14.4 Å². The molecule has 0 unspecified atom stereocenters. The molecule has 0 fully saturated rings. The van der Waals surface area contributed by atoms with E-state index in [2.05, 4.69) is 16.0 Å². The highest BCUT2D eigenvalue weighted by Crippen LogP contribution is 2.30. The Balaban J connectivity index is 1.39. The van der Waals surface area contributed by atoms with Gasteiger partial charge in [0.2, 0.25) is 11.8 Å². The summed E-state index contributed by atoms with van der Waals surface area (Å²) < 4.78 is 0.792. The Bertz CT molecular complexity index is 1600. The summed E-state index contributed by atoms with van der Waals surface area (Å²) in [7, 11) is 0. The lowest BCUT2D eigenvalue weighted by molar-refractivity contribution is -0.131. The Morgan fingerprint density at radius 1 is 0.700 bits per heavy atom. The van der Waals surface area contributed by atoms with Crippen LogP contribution in [-0.2, 0) is 22.7 Å². The minimum Gasteiger partial charge on any atom is -0.397 e. The number of anilines is 2. The molecule has 0 radical (unpaired) electrons. The number of hydrogen-bond donors (Lipinski definition) is 4. The van der Waals surface area contributed by atoms with E-state index in [4.69, 9.17) is 5.73 Å². The summed E-state index contributed by atoms with van der Waals surface area (Å²) in [6, 6.07) is 33.3. The third-order valence-corrected chi connectivity index (χ3v) is 7.55. The third kappa shape index (κ3) is 6.36. The number of rotatable bonds is 9. The highest BCUT2D eigenvalue weighted by Gasteiger charge is 2.29. The van der Waals surface area contributed by atoms with Crippen LogP contribution in [0.15, 0.2) is 109 Å². The Morgan fingerprint density at radius 3 is 1.88 bits per heavy atom. The van der Waals surface area contributed by atoms with Gasteiger partial charge in [0, 0.05) is 17.8 Å². The lowest BCUT2D eigenvalue weighted by atomic mass is 9.96. The zero-order chi connectivity index (χ0) is 27.9. The van der Waals surface area contributed by atoms with E-state index in [1.807, 2.05) is 72.8 Å². The molecule has 200 valence electrons. The van der Waals surface area contributed by atoms with Crippen molar-refractivity contribution >= 4 is 50.5 Å². The molecule has 5 rings (SSSR count). The number of para-hydroxylation sites is 2. The first kappa shape index (κ1) is 26.6. The second kappa shape index (κ2) is 12.3. The van der Waals surface area contributed by atoms with Gasteiger partial charge in [0.15, 0.2) is 0 Å². The largest absolute Gasteiger partial charge is 0.397 e. The van der Waals surface area contributed by atoms with Crippen molar-refractivity contribution in [1.29, 1.82) is 0 Å². The number of carbonyl (C=O) groups is 3. The number of nitrogens with one attached hydrogen (secondary N) is 3. The summed E-state index contributed by atoms with van der Waals surface area (Å²) in [5.41, 5.74) is 9.40. The average molecular weight is 549 g/mol. The van der Waals surface area contributed by atoms with Crippen molar-refractivity contribution in [3.05, 3.63) is 131 Å². The van der Waals surface area contributed by atoms with Crippen LogP contribution in [0.4, 0.5) is 11.4 Å². The van der Waals surface area contributed by atoms with Gasteiger partial charge in [-0.15, -0.1) is 11.3 Å². The fourth-order valence-corrected chi connectivity index (χ4v) is 5.34. The van der Waals surface area contributed by atoms with Crippen molar-refractivity contribution in [3.63, 3.8) is 0 Å². The van der Waals surface area contributed by atoms with E-state index >= 15 is 0 Å². The van der Waals surface area contributed by atoms with Crippen LogP contribution in [0.2, 0.25) is 0 Å². The molecule has 1 heterocycles. The van der Waals surface area contributed by atoms with Gasteiger partial charge in [0.1, 0.15) is 5.92 Å². The fraction of sp³-hybridized carbons (Fsp3) is 0.0938. The maximum atomic E-state index is 13.4. The van der Waals surface area contributed by atoms with Gasteiger partial charge < -0.3 is 21.7 Å². The molecular formula is C32H28N4O3S. The minimum absolute atomic E-state index is 0.279. The second-order valence-electron chi connectivity index (χ2n) is 9.29. The van der Waals surface area contributed by atoms with Gasteiger partial charge in [0.05, 0.1) is 16.3 Å². The molecule has 7 nitrogen and oxygen atoms in total. The summed E-state index contributed by atoms with van der Waals surface area (Å²) in [5.74, 6) is -2.15. The number of amides is 3. The van der Waals surface area contributed by atoms with Gasteiger partial charge >= 0.3 is 0 Å². The second-order valence-corrected chi connectivity index (χ2v) is 10.4. The highest BCUT2D eigenvalue weighted by molar-refractivity contribution is 7.20. The monoisotopic (exact) mass is 548 g/mol. The number of hydrogen-bond acceptors (Lipinski definition) is 5. The molecule has 0 spiro atoms. The lowest BCUT2D eigenvalue weighted by Crippen LogP contribution is -2.39. The van der Waals surface area contributed by atoms with E-state index in [-0.39, 0.29) is 5.91 Å². The molecule has 3 amide bonds. The average Bonchev–Trinajstić information content (AvgIpc) is 3.41. The summed E-state index contributed by atoms with van der Waals surface area (Å²) in [6.07, 6.45) is 0. The first-order valence-electron chi connectivity index (χ1n) is 12.8. The van der Waals surface area contributed by atoms with Gasteiger partial charge in [-0.05, 0) is 46.3 Å². The molecule has 5 N–H and O–H groups in total. The van der Waals surface area contributed by atoms with Crippen LogP contribution in [0.5, 0.6) is 0 Å². The number of nitrogens with two attached hydrogens (primary N) is 1. The standard InChI is InChI=1S/C32H28N4O3S/c33-25-13-7-8-14-26(25)36-30(37)28-17-23-15-16-24(18-27(23)40-28)29(31(38)34-19-21-9-3-1-4-10-21)32(39)35-20-22-11-5-2-6-12-22/h1-18,29H,19-20,33H2,(H,34,38)(H,35,39)(H,36,37). The van der Waals surface area contributed by atoms with Crippen LogP contribution < -0.4 is 21.7 Å². The summed E-state index contributed by atoms with van der Waals surface area (Å²) in [5, 5.41) is 9.50. The molecule has 5 aromatic rings. The number of nitrogen functional groups attached to an aromatic ring is 1. The molecule has 0 aliphatic rings. The number of benzene rings is 4. The molecule has 0 saturated carbocycles. The first-order chi connectivity index (χ1) is 19.5. The van der Waals surface area contributed by atoms with Crippen molar-refractivity contribution in [3.8, 4) is 0 Å². The van der Waals surface area contributed by atoms with Gasteiger partial charge in [-0.3, -0.25) is 14.4 Å². The molecule has 0 saturated heterocycles. The summed E-state index contributed by atoms with van der Waals surface area (Å²) >= 11 is 1.29. The van der Waals surface area contributed by atoms with E-state index < -0.39 is 17.7 Å². The first-order valence-corrected chi connectivity index (χ1v) is 13.6. The SMILES string of the molecule is Nc1ccccc1NC(=O)c1cc2ccc(C(C(=O)NCc3ccccc3)C(=O)NCc3ccccc3)cc2s1. The molecule has 4 aromatic carbocycles. The van der Waals surface area contributed by atoms with Crippen LogP contribution in [0, 0.1) is 0 Å². The Labute approximate surface area is 236 Å². The van der Waals surface area contributed by atoms with E-state index in [0.717, 1.165) is 21.2 Å². The predicted molar refractivity (Wildman–Crippen MR) is 160 cm³/mol. The lowest BCUT2D eigenvalue weighted by Gasteiger charge is -2.18. The van der Waals surface area contributed by atoms with Gasteiger partial charge in [-0.25, -0.2) is 0 Å². The Kier molecular flexibility index (Phi) is 8.18. The smallest absolute Gasteiger partial charge is 0.265 e. The van der Waals surface area contributed by atoms with E-state index in [1.54, 1.807) is 36.4 Å². The maximum Gasteiger partial charge on any atom is 0.265 e. The molecule has 8 heteroatoms. The molecular weight excluding hydrogens is 520 g/mol. The summed E-state index contributed by atoms with van der Waals surface area (Å²) in [6.45, 7) is 0.604. The molecule has 40 heavy (non-hydrogen) atoms. The van der Waals surface area contributed by atoms with Crippen LogP contribution in [0.1, 0.15) is 32.3 Å². The minimum atomic E-state index is -1.07. The topological polar surface area (TPSA) is 113 Å². The molecule has 0 atom stereocenters. The van der Waals surface area contributed by atoms with E-state index in [1.165, 1.54) is 11.3 Å². The van der Waals surface area contributed by atoms with Crippen LogP contribution in [0.25, 0.3) is 10.1 Å². The van der Waals surface area contributed by atoms with Crippen LogP contribution in [-0.4, -0.2) is 17.7 Å². The fourth-order valence-electron chi connectivity index (χ4n) is 4.33. The number of fused-ring (bicyclic) bond motifs is 1. The van der Waals surface area contributed by atoms with Crippen LogP contribution >= 0.6 is 11.3 Å². The molecule has 0 bridgehead atoms. The highest BCUT2D eigenvalue weighted by atomic mass is 32.1. The zero-order valence-corrected chi connectivity index (χ0v) is 22.4. The van der Waals surface area contributed by atoms with E-state index in [9.17, 15) is 14.4 Å². The Morgan fingerprint density at radius 2 is 1.27 bits per heavy atom. The summed E-state index contributed by atoms with van der Waals surface area (Å²) in [4.78, 5) is 40.2. The van der Waals surface area contributed by atoms with Crippen molar-refractivity contribution in [1.82, 2.24) is 10.6 Å². The van der Waals surface area contributed by atoms with Crippen molar-refractivity contribution in [2.45, 2.75) is 19.0 Å².